The van der Waals surface area contributed by atoms with Gasteiger partial charge >= 0.3 is 12.0 Å². The average Bonchev–Trinajstić information content (AvgIpc) is 2.79. The van der Waals surface area contributed by atoms with E-state index in [1.165, 1.54) is 4.90 Å². The van der Waals surface area contributed by atoms with Gasteiger partial charge in [0.1, 0.15) is 6.54 Å². The number of carbonyl (C=O) groups is 3. The minimum absolute atomic E-state index is 0.187. The van der Waals surface area contributed by atoms with Crippen molar-refractivity contribution in [2.75, 3.05) is 19.7 Å². The zero-order valence-corrected chi connectivity index (χ0v) is 19.3. The first-order chi connectivity index (χ1) is 15.9. The van der Waals surface area contributed by atoms with Gasteiger partial charge in [-0.2, -0.15) is 0 Å². The molecule has 1 heterocycles. The number of nitrogens with one attached hydrogen (secondary N) is 2. The number of esters is 1. The Bertz CT molecular complexity index is 1080. The van der Waals surface area contributed by atoms with Crippen molar-refractivity contribution in [2.24, 2.45) is 0 Å². The van der Waals surface area contributed by atoms with Crippen molar-refractivity contribution in [2.45, 2.75) is 19.9 Å². The fraction of sp³-hybridized carbons (Fsp3) is 0.240. The molecule has 0 saturated carbocycles. The number of allylic oxidation sites excluding steroid dienone is 1. The predicted molar refractivity (Wildman–Crippen MR) is 127 cm³/mol. The molecule has 0 radical (unpaired) electrons. The number of carbonyl (C=O) groups excluding carboxylic acids is 3. The van der Waals surface area contributed by atoms with Crippen LogP contribution in [0.5, 0.6) is 0 Å². The predicted octanol–water partition coefficient (Wildman–Crippen LogP) is 4.07. The molecular weight excluding hydrogens is 442 g/mol. The van der Waals surface area contributed by atoms with Gasteiger partial charge in [-0.3, -0.25) is 9.59 Å². The number of benzene rings is 2. The van der Waals surface area contributed by atoms with Crippen molar-refractivity contribution in [3.63, 3.8) is 0 Å². The Morgan fingerprint density at radius 1 is 1.18 bits per heavy atom. The highest BCUT2D eigenvalue weighted by Gasteiger charge is 2.38. The second kappa shape index (κ2) is 11.3. The number of ether oxygens (including phenoxy) is 1. The molecule has 8 heteroatoms. The normalized spacial score (nSPS) is 16.0. The number of halogens is 1. The molecule has 1 aliphatic heterocycles. The first-order valence-corrected chi connectivity index (χ1v) is 11.0. The summed E-state index contributed by atoms with van der Waals surface area (Å²) in [6.45, 7) is 3.51. The van der Waals surface area contributed by atoms with Gasteiger partial charge in [-0.05, 0) is 37.1 Å². The van der Waals surface area contributed by atoms with Gasteiger partial charge in [-0.25, -0.2) is 4.79 Å². The molecule has 3 amide bonds. The first kappa shape index (κ1) is 24.1. The average molecular weight is 468 g/mol. The van der Waals surface area contributed by atoms with E-state index in [-0.39, 0.29) is 19.1 Å². The van der Waals surface area contributed by atoms with Crippen molar-refractivity contribution in [1.29, 1.82) is 0 Å². The Labute approximate surface area is 198 Å². The summed E-state index contributed by atoms with van der Waals surface area (Å²) < 4.78 is 5.03. The maximum Gasteiger partial charge on any atom is 0.325 e. The maximum atomic E-state index is 13.2. The van der Waals surface area contributed by atoms with Crippen LogP contribution in [0.25, 0.3) is 6.08 Å². The summed E-state index contributed by atoms with van der Waals surface area (Å²) in [6.07, 6.45) is 3.75. The molecule has 0 aliphatic carbocycles. The summed E-state index contributed by atoms with van der Waals surface area (Å²) in [4.78, 5) is 39.5. The summed E-state index contributed by atoms with van der Waals surface area (Å²) in [6, 6.07) is 15.3. The fourth-order valence-electron chi connectivity index (χ4n) is 3.61. The maximum absolute atomic E-state index is 13.2. The Balaban J connectivity index is 1.87. The number of amides is 3. The van der Waals surface area contributed by atoms with E-state index in [4.69, 9.17) is 16.3 Å². The molecule has 2 N–H and O–H groups in total. The summed E-state index contributed by atoms with van der Waals surface area (Å²) in [7, 11) is 0. The van der Waals surface area contributed by atoms with Crippen molar-refractivity contribution in [3.05, 3.63) is 88.1 Å². The minimum atomic E-state index is -0.806. The lowest BCUT2D eigenvalue weighted by Crippen LogP contribution is -2.51. The molecule has 0 spiro atoms. The highest BCUT2D eigenvalue weighted by atomic mass is 35.5. The number of hydrogen-bond acceptors (Lipinski definition) is 4. The molecule has 1 atom stereocenters. The fourth-order valence-corrected chi connectivity index (χ4v) is 3.81. The lowest BCUT2D eigenvalue weighted by molar-refractivity contribution is -0.144. The van der Waals surface area contributed by atoms with Crippen LogP contribution < -0.4 is 10.6 Å². The molecule has 0 fully saturated rings. The van der Waals surface area contributed by atoms with Crippen molar-refractivity contribution in [3.8, 4) is 0 Å². The summed E-state index contributed by atoms with van der Waals surface area (Å²) in [5.74, 6) is -0.922. The SMILES string of the molecule is CCOC(=O)CN1C(=O)NC(C)=C(C(=O)NC/C=C/c2ccccc2)C1c1cccc(Cl)c1. The number of urea groups is 1. The molecule has 172 valence electrons. The Hall–Kier alpha value is -3.58. The van der Waals surface area contributed by atoms with Gasteiger partial charge in [0.05, 0.1) is 18.2 Å². The van der Waals surface area contributed by atoms with Gasteiger partial charge in [-0.15, -0.1) is 0 Å². The van der Waals surface area contributed by atoms with Gasteiger partial charge in [-0.1, -0.05) is 66.2 Å². The van der Waals surface area contributed by atoms with Crippen molar-refractivity contribution in [1.82, 2.24) is 15.5 Å². The Morgan fingerprint density at radius 3 is 2.64 bits per heavy atom. The van der Waals surface area contributed by atoms with Gasteiger partial charge in [0.2, 0.25) is 0 Å². The Kier molecular flexibility index (Phi) is 8.27. The van der Waals surface area contributed by atoms with E-state index in [1.54, 1.807) is 38.1 Å². The lowest BCUT2D eigenvalue weighted by Gasteiger charge is -2.37. The molecular formula is C25H26ClN3O4. The zero-order valence-electron chi connectivity index (χ0n) is 18.5. The van der Waals surface area contributed by atoms with E-state index >= 15 is 0 Å². The van der Waals surface area contributed by atoms with Crippen LogP contribution >= 0.6 is 11.6 Å². The van der Waals surface area contributed by atoms with Crippen LogP contribution in [0.4, 0.5) is 4.79 Å². The lowest BCUT2D eigenvalue weighted by atomic mass is 9.93. The summed E-state index contributed by atoms with van der Waals surface area (Å²) in [5.41, 5.74) is 2.37. The zero-order chi connectivity index (χ0) is 23.8. The highest BCUT2D eigenvalue weighted by molar-refractivity contribution is 6.30. The molecule has 0 saturated heterocycles. The highest BCUT2D eigenvalue weighted by Crippen LogP contribution is 2.34. The van der Waals surface area contributed by atoms with Crippen LogP contribution in [-0.2, 0) is 14.3 Å². The molecule has 33 heavy (non-hydrogen) atoms. The molecule has 7 nitrogen and oxygen atoms in total. The van der Waals surface area contributed by atoms with Crippen LogP contribution in [0.3, 0.4) is 0 Å². The molecule has 3 rings (SSSR count). The largest absolute Gasteiger partial charge is 0.465 e. The van der Waals surface area contributed by atoms with Gasteiger partial charge < -0.3 is 20.3 Å². The van der Waals surface area contributed by atoms with Gasteiger partial charge in [0, 0.05) is 17.3 Å². The van der Waals surface area contributed by atoms with Crippen molar-refractivity contribution < 1.29 is 19.1 Å². The topological polar surface area (TPSA) is 87.7 Å². The van der Waals surface area contributed by atoms with Crippen LogP contribution in [0.15, 0.2) is 71.9 Å². The molecule has 2 aromatic rings. The number of hydrogen-bond donors (Lipinski definition) is 2. The van der Waals surface area contributed by atoms with E-state index in [1.807, 2.05) is 42.5 Å². The van der Waals surface area contributed by atoms with Crippen LogP contribution in [0.1, 0.15) is 31.0 Å². The second-order valence-corrected chi connectivity index (χ2v) is 7.82. The van der Waals surface area contributed by atoms with E-state index in [9.17, 15) is 14.4 Å². The monoisotopic (exact) mass is 467 g/mol. The van der Waals surface area contributed by atoms with E-state index in [0.29, 0.717) is 28.4 Å². The Morgan fingerprint density at radius 2 is 1.94 bits per heavy atom. The summed E-state index contributed by atoms with van der Waals surface area (Å²) >= 11 is 6.19. The standard InChI is InChI=1S/C25H26ClN3O4/c1-3-33-21(30)16-29-23(19-12-7-13-20(26)15-19)22(17(2)28-25(29)32)24(31)27-14-8-11-18-9-5-4-6-10-18/h4-13,15,23H,3,14,16H2,1-2H3,(H,27,31)(H,28,32)/b11-8+. The molecule has 2 aromatic carbocycles. The minimum Gasteiger partial charge on any atom is -0.465 e. The third-order valence-corrected chi connectivity index (χ3v) is 5.28. The quantitative estimate of drug-likeness (QED) is 0.573. The van der Waals surface area contributed by atoms with Gasteiger partial charge in [0.15, 0.2) is 0 Å². The first-order valence-electron chi connectivity index (χ1n) is 10.6. The third-order valence-electron chi connectivity index (χ3n) is 5.05. The molecule has 0 aromatic heterocycles. The smallest absolute Gasteiger partial charge is 0.325 e. The van der Waals surface area contributed by atoms with Crippen LogP contribution in [-0.4, -0.2) is 42.5 Å². The van der Waals surface area contributed by atoms with Crippen LogP contribution in [0.2, 0.25) is 5.02 Å². The summed E-state index contributed by atoms with van der Waals surface area (Å²) in [5, 5.41) is 6.01. The number of nitrogens with zero attached hydrogens (tertiary/aromatic N) is 1. The number of rotatable bonds is 8. The van der Waals surface area contributed by atoms with E-state index in [2.05, 4.69) is 10.6 Å². The molecule has 1 unspecified atom stereocenters. The second-order valence-electron chi connectivity index (χ2n) is 7.38. The van der Waals surface area contributed by atoms with E-state index < -0.39 is 18.0 Å². The molecule has 0 bridgehead atoms. The van der Waals surface area contributed by atoms with Crippen molar-refractivity contribution >= 4 is 35.6 Å². The molecule has 1 aliphatic rings. The van der Waals surface area contributed by atoms with E-state index in [0.717, 1.165) is 5.56 Å². The van der Waals surface area contributed by atoms with Gasteiger partial charge in [0.25, 0.3) is 5.91 Å². The van der Waals surface area contributed by atoms with Crippen LogP contribution in [0, 0.1) is 0 Å². The third kappa shape index (κ3) is 6.23.